The average molecular weight is 418 g/mol. The zero-order chi connectivity index (χ0) is 21.4. The van der Waals surface area contributed by atoms with Crippen molar-refractivity contribution in [2.24, 2.45) is 0 Å². The highest BCUT2D eigenvalue weighted by atomic mass is 35.5. The second-order valence-electron chi connectivity index (χ2n) is 6.50. The number of carbonyl (C=O) groups excluding carboxylic acids is 3. The van der Waals surface area contributed by atoms with Crippen LogP contribution in [0.25, 0.3) is 0 Å². The number of halogens is 1. The number of benzene rings is 2. The van der Waals surface area contributed by atoms with Gasteiger partial charge in [-0.25, -0.2) is 0 Å². The molecule has 2 rings (SSSR count). The maximum Gasteiger partial charge on any atom is 0.311 e. The van der Waals surface area contributed by atoms with Crippen LogP contribution in [0.2, 0.25) is 5.02 Å². The van der Waals surface area contributed by atoms with Crippen molar-refractivity contribution in [1.29, 1.82) is 0 Å². The van der Waals surface area contributed by atoms with Crippen LogP contribution in [0.5, 0.6) is 5.75 Å². The lowest BCUT2D eigenvalue weighted by Gasteiger charge is -2.14. The minimum Gasteiger partial charge on any atom is -0.496 e. The van der Waals surface area contributed by atoms with E-state index < -0.39 is 12.1 Å². The number of nitrogens with one attached hydrogen (secondary N) is 1. The van der Waals surface area contributed by atoms with Gasteiger partial charge in [0.2, 0.25) is 11.7 Å². The molecule has 29 heavy (non-hydrogen) atoms. The van der Waals surface area contributed by atoms with Gasteiger partial charge in [0.15, 0.2) is 6.10 Å². The van der Waals surface area contributed by atoms with Crippen molar-refractivity contribution in [3.05, 3.63) is 58.6 Å². The summed E-state index contributed by atoms with van der Waals surface area (Å²) in [7, 11) is 1.50. The number of Topliss-reactive ketones (excluding diaryl/α,β-unsaturated/α-hetero) is 1. The predicted octanol–water partition coefficient (Wildman–Crippen LogP) is 4.44. The quantitative estimate of drug-likeness (QED) is 0.481. The Morgan fingerprint density at radius 2 is 1.79 bits per heavy atom. The molecular formula is C22H24ClNO5. The van der Waals surface area contributed by atoms with E-state index in [2.05, 4.69) is 5.32 Å². The molecule has 1 N–H and O–H groups in total. The van der Waals surface area contributed by atoms with Crippen LogP contribution in [0.4, 0.5) is 5.69 Å². The number of anilines is 1. The summed E-state index contributed by atoms with van der Waals surface area (Å²) in [6, 6.07) is 11.4. The highest BCUT2D eigenvalue weighted by Crippen LogP contribution is 2.23. The van der Waals surface area contributed by atoms with Gasteiger partial charge in [-0.2, -0.15) is 0 Å². The Morgan fingerprint density at radius 1 is 1.10 bits per heavy atom. The van der Waals surface area contributed by atoms with Gasteiger partial charge in [-0.1, -0.05) is 18.5 Å². The lowest BCUT2D eigenvalue weighted by atomic mass is 10.1. The van der Waals surface area contributed by atoms with Gasteiger partial charge in [0.1, 0.15) is 5.75 Å². The zero-order valence-electron chi connectivity index (χ0n) is 16.7. The Kier molecular flexibility index (Phi) is 8.21. The fourth-order valence-corrected chi connectivity index (χ4v) is 2.93. The first-order chi connectivity index (χ1) is 13.8. The molecule has 0 saturated carbocycles. The normalized spacial score (nSPS) is 11.4. The second-order valence-corrected chi connectivity index (χ2v) is 6.94. The van der Waals surface area contributed by atoms with Crippen LogP contribution in [0, 0.1) is 0 Å². The highest BCUT2D eigenvalue weighted by molar-refractivity contribution is 6.30. The number of amides is 1. The van der Waals surface area contributed by atoms with Gasteiger partial charge in [-0.15, -0.1) is 0 Å². The minimum atomic E-state index is -0.951. The molecule has 7 heteroatoms. The molecule has 0 aromatic heterocycles. The summed E-state index contributed by atoms with van der Waals surface area (Å²) in [6.07, 6.45) is 0.175. The molecule has 154 valence electrons. The number of carbonyl (C=O) groups is 3. The minimum absolute atomic E-state index is 0.0657. The summed E-state index contributed by atoms with van der Waals surface area (Å²) < 4.78 is 10.5. The first kappa shape index (κ1) is 22.4. The molecule has 0 unspecified atom stereocenters. The Bertz CT molecular complexity index is 879. The molecule has 1 amide bonds. The van der Waals surface area contributed by atoms with Crippen LogP contribution in [-0.4, -0.2) is 30.9 Å². The molecule has 1 atom stereocenters. The van der Waals surface area contributed by atoms with Crippen LogP contribution in [0.1, 0.15) is 42.6 Å². The van der Waals surface area contributed by atoms with E-state index in [1.165, 1.54) is 14.0 Å². The van der Waals surface area contributed by atoms with Crippen molar-refractivity contribution in [2.45, 2.75) is 39.2 Å². The standard InChI is InChI=1S/C22H24ClNO5/c1-4-5-20(25)24-18-9-6-15(7-10-18)22(27)14(2)29-21(26)13-16-12-17(23)8-11-19(16)28-3/h6-12,14H,4-5,13H2,1-3H3,(H,24,25)/t14-/m0/s1. The van der Waals surface area contributed by atoms with Gasteiger partial charge in [-0.3, -0.25) is 14.4 Å². The van der Waals surface area contributed by atoms with E-state index in [9.17, 15) is 14.4 Å². The lowest BCUT2D eigenvalue weighted by molar-refractivity contribution is -0.145. The maximum absolute atomic E-state index is 12.5. The van der Waals surface area contributed by atoms with Crippen molar-refractivity contribution in [2.75, 3.05) is 12.4 Å². The third-order valence-electron chi connectivity index (χ3n) is 4.18. The van der Waals surface area contributed by atoms with Crippen LogP contribution < -0.4 is 10.1 Å². The molecular weight excluding hydrogens is 394 g/mol. The number of hydrogen-bond donors (Lipinski definition) is 1. The molecule has 0 spiro atoms. The third-order valence-corrected chi connectivity index (χ3v) is 4.42. The predicted molar refractivity (Wildman–Crippen MR) is 112 cm³/mol. The first-order valence-corrected chi connectivity index (χ1v) is 9.67. The van der Waals surface area contributed by atoms with E-state index >= 15 is 0 Å². The molecule has 0 saturated heterocycles. The number of methoxy groups -OCH3 is 1. The second kappa shape index (κ2) is 10.6. The molecule has 0 aliphatic rings. The van der Waals surface area contributed by atoms with E-state index in [1.807, 2.05) is 6.92 Å². The van der Waals surface area contributed by atoms with Crippen molar-refractivity contribution in [3.8, 4) is 5.75 Å². The van der Waals surface area contributed by atoms with Gasteiger partial charge in [0.25, 0.3) is 0 Å². The Labute approximate surface area is 175 Å². The summed E-state index contributed by atoms with van der Waals surface area (Å²) in [4.78, 5) is 36.4. The monoisotopic (exact) mass is 417 g/mol. The molecule has 6 nitrogen and oxygen atoms in total. The van der Waals surface area contributed by atoms with E-state index in [0.29, 0.717) is 34.0 Å². The van der Waals surface area contributed by atoms with Gasteiger partial charge in [0, 0.05) is 28.3 Å². The summed E-state index contributed by atoms with van der Waals surface area (Å²) in [5, 5.41) is 3.23. The van der Waals surface area contributed by atoms with Gasteiger partial charge in [-0.05, 0) is 55.8 Å². The molecule has 0 heterocycles. The van der Waals surface area contributed by atoms with Crippen molar-refractivity contribution in [1.82, 2.24) is 0 Å². The molecule has 2 aromatic rings. The Balaban J connectivity index is 1.97. The van der Waals surface area contributed by atoms with Gasteiger partial charge >= 0.3 is 5.97 Å². The zero-order valence-corrected chi connectivity index (χ0v) is 17.4. The average Bonchev–Trinajstić information content (AvgIpc) is 2.68. The Morgan fingerprint density at radius 3 is 2.41 bits per heavy atom. The molecule has 0 radical (unpaired) electrons. The van der Waals surface area contributed by atoms with E-state index in [1.54, 1.807) is 42.5 Å². The maximum atomic E-state index is 12.5. The fourth-order valence-electron chi connectivity index (χ4n) is 2.74. The lowest BCUT2D eigenvalue weighted by Crippen LogP contribution is -2.25. The molecule has 2 aromatic carbocycles. The largest absolute Gasteiger partial charge is 0.496 e. The topological polar surface area (TPSA) is 81.7 Å². The molecule has 0 aliphatic carbocycles. The molecule has 0 aliphatic heterocycles. The molecule has 0 bridgehead atoms. The smallest absolute Gasteiger partial charge is 0.311 e. The number of ketones is 1. The van der Waals surface area contributed by atoms with Crippen molar-refractivity contribution < 1.29 is 23.9 Å². The molecule has 0 fully saturated rings. The first-order valence-electron chi connectivity index (χ1n) is 9.30. The summed E-state index contributed by atoms with van der Waals surface area (Å²) in [5.41, 5.74) is 1.58. The van der Waals surface area contributed by atoms with E-state index in [-0.39, 0.29) is 18.1 Å². The summed E-state index contributed by atoms with van der Waals surface area (Å²) in [5.74, 6) is -0.450. The fraction of sp³-hybridized carbons (Fsp3) is 0.318. The third kappa shape index (κ3) is 6.61. The summed E-state index contributed by atoms with van der Waals surface area (Å²) in [6.45, 7) is 3.44. The van der Waals surface area contributed by atoms with Gasteiger partial charge < -0.3 is 14.8 Å². The van der Waals surface area contributed by atoms with Crippen LogP contribution in [-0.2, 0) is 20.7 Å². The van der Waals surface area contributed by atoms with Crippen molar-refractivity contribution >= 4 is 34.9 Å². The summed E-state index contributed by atoms with van der Waals surface area (Å²) >= 11 is 5.97. The van der Waals surface area contributed by atoms with Crippen molar-refractivity contribution in [3.63, 3.8) is 0 Å². The Hall–Kier alpha value is -2.86. The number of ether oxygens (including phenoxy) is 2. The number of esters is 1. The van der Waals surface area contributed by atoms with E-state index in [0.717, 1.165) is 6.42 Å². The van der Waals surface area contributed by atoms with Gasteiger partial charge in [0.05, 0.1) is 13.5 Å². The van der Waals surface area contributed by atoms with Crippen LogP contribution in [0.3, 0.4) is 0 Å². The highest BCUT2D eigenvalue weighted by Gasteiger charge is 2.20. The number of hydrogen-bond acceptors (Lipinski definition) is 5. The van der Waals surface area contributed by atoms with Crippen LogP contribution in [0.15, 0.2) is 42.5 Å². The number of rotatable bonds is 9. The van der Waals surface area contributed by atoms with Crippen LogP contribution >= 0.6 is 11.6 Å². The SMILES string of the molecule is CCCC(=O)Nc1ccc(C(=O)[C@H](C)OC(=O)Cc2cc(Cl)ccc2OC)cc1. The van der Waals surface area contributed by atoms with E-state index in [4.69, 9.17) is 21.1 Å².